The molecule has 0 aliphatic carbocycles. The van der Waals surface area contributed by atoms with Crippen LogP contribution in [0.2, 0.25) is 0 Å². The molecule has 0 radical (unpaired) electrons. The molecule has 0 aromatic carbocycles. The summed E-state index contributed by atoms with van der Waals surface area (Å²) in [5.74, 6) is -0.202. The molecule has 3 heterocycles. The Labute approximate surface area is 159 Å². The van der Waals surface area contributed by atoms with Crippen molar-refractivity contribution in [3.63, 3.8) is 0 Å². The zero-order valence-corrected chi connectivity index (χ0v) is 16.6. The lowest BCUT2D eigenvalue weighted by atomic mass is 9.73. The van der Waals surface area contributed by atoms with Crippen molar-refractivity contribution in [3.05, 3.63) is 17.5 Å². The van der Waals surface area contributed by atoms with Crippen molar-refractivity contribution in [2.45, 2.75) is 70.7 Å². The molecule has 1 aromatic rings. The van der Waals surface area contributed by atoms with Gasteiger partial charge in [-0.3, -0.25) is 14.3 Å². The molecule has 3 rings (SSSR count). The van der Waals surface area contributed by atoms with Crippen LogP contribution in [0.3, 0.4) is 0 Å². The molecule has 2 N–H and O–H groups in total. The Morgan fingerprint density at radius 3 is 2.63 bits per heavy atom. The number of piperidine rings is 1. The largest absolute Gasteiger partial charge is 0.388 e. The fraction of sp³-hybridized carbons (Fsp3) is 0.737. The normalized spacial score (nSPS) is 27.6. The molecule has 0 bridgehead atoms. The molecular weight excluding hydrogens is 348 g/mol. The quantitative estimate of drug-likeness (QED) is 0.813. The van der Waals surface area contributed by atoms with E-state index in [0.29, 0.717) is 51.2 Å². The molecule has 150 valence electrons. The number of nitrogens with zero attached hydrogens (tertiary/aromatic N) is 3. The first-order chi connectivity index (χ1) is 12.7. The van der Waals surface area contributed by atoms with E-state index in [2.05, 4.69) is 10.4 Å². The summed E-state index contributed by atoms with van der Waals surface area (Å²) in [6.45, 7) is 9.28. The molecule has 2 atom stereocenters. The van der Waals surface area contributed by atoms with E-state index in [1.807, 2.05) is 26.8 Å². The van der Waals surface area contributed by atoms with Crippen molar-refractivity contribution in [1.82, 2.24) is 20.0 Å². The molecule has 1 spiro atoms. The summed E-state index contributed by atoms with van der Waals surface area (Å²) in [5, 5.41) is 18.3. The number of ether oxygens (including phenoxy) is 1. The SMILES string of the molecule is CCn1nc(C)cc1C(=O)N1CCC2(CC1)OCC[C@](C)(NC(C)=O)[C@H]2O. The first kappa shape index (κ1) is 19.8. The topological polar surface area (TPSA) is 96.7 Å². The molecule has 0 unspecified atom stereocenters. The summed E-state index contributed by atoms with van der Waals surface area (Å²) in [4.78, 5) is 26.3. The van der Waals surface area contributed by atoms with Gasteiger partial charge in [-0.25, -0.2) is 0 Å². The van der Waals surface area contributed by atoms with Gasteiger partial charge in [0.05, 0.1) is 16.8 Å². The minimum absolute atomic E-state index is 0.0396. The zero-order chi connectivity index (χ0) is 19.8. The van der Waals surface area contributed by atoms with Gasteiger partial charge in [0.2, 0.25) is 5.91 Å². The van der Waals surface area contributed by atoms with Crippen LogP contribution in [0.4, 0.5) is 0 Å². The maximum Gasteiger partial charge on any atom is 0.272 e. The molecule has 8 nitrogen and oxygen atoms in total. The van der Waals surface area contributed by atoms with Crippen LogP contribution in [-0.4, -0.2) is 68.5 Å². The Morgan fingerprint density at radius 2 is 2.04 bits per heavy atom. The number of aliphatic hydroxyl groups excluding tert-OH is 1. The second kappa shape index (κ2) is 7.24. The highest BCUT2D eigenvalue weighted by atomic mass is 16.5. The first-order valence-electron chi connectivity index (χ1n) is 9.65. The number of aliphatic hydroxyl groups is 1. The van der Waals surface area contributed by atoms with E-state index in [4.69, 9.17) is 4.74 Å². The van der Waals surface area contributed by atoms with E-state index in [9.17, 15) is 14.7 Å². The van der Waals surface area contributed by atoms with Crippen LogP contribution in [0.1, 0.15) is 56.2 Å². The highest BCUT2D eigenvalue weighted by Gasteiger charge is 2.54. The number of carbonyl (C=O) groups is 2. The predicted octanol–water partition coefficient (Wildman–Crippen LogP) is 0.862. The van der Waals surface area contributed by atoms with E-state index in [1.165, 1.54) is 6.92 Å². The summed E-state index contributed by atoms with van der Waals surface area (Å²) in [6, 6.07) is 1.82. The fourth-order valence-electron chi connectivity index (χ4n) is 4.42. The number of likely N-dealkylation sites (tertiary alicyclic amines) is 1. The molecule has 0 saturated carbocycles. The van der Waals surface area contributed by atoms with Crippen LogP contribution in [0, 0.1) is 6.92 Å². The lowest BCUT2D eigenvalue weighted by molar-refractivity contribution is -0.205. The van der Waals surface area contributed by atoms with E-state index in [-0.39, 0.29) is 11.8 Å². The Morgan fingerprint density at radius 1 is 1.37 bits per heavy atom. The van der Waals surface area contributed by atoms with E-state index < -0.39 is 17.2 Å². The fourth-order valence-corrected chi connectivity index (χ4v) is 4.42. The van der Waals surface area contributed by atoms with Crippen molar-refractivity contribution in [2.24, 2.45) is 0 Å². The van der Waals surface area contributed by atoms with Crippen molar-refractivity contribution < 1.29 is 19.4 Å². The zero-order valence-electron chi connectivity index (χ0n) is 16.6. The van der Waals surface area contributed by atoms with Crippen LogP contribution in [-0.2, 0) is 16.1 Å². The lowest BCUT2D eigenvalue weighted by Gasteiger charge is -2.53. The highest BCUT2D eigenvalue weighted by molar-refractivity contribution is 5.92. The van der Waals surface area contributed by atoms with Gasteiger partial charge in [0.1, 0.15) is 11.8 Å². The van der Waals surface area contributed by atoms with Crippen LogP contribution < -0.4 is 5.32 Å². The van der Waals surface area contributed by atoms with Crippen LogP contribution >= 0.6 is 0 Å². The number of amides is 2. The minimum atomic E-state index is -0.816. The number of hydrogen-bond donors (Lipinski definition) is 2. The summed E-state index contributed by atoms with van der Waals surface area (Å²) >= 11 is 0. The van der Waals surface area contributed by atoms with Gasteiger partial charge in [0.15, 0.2) is 0 Å². The third-order valence-corrected chi connectivity index (χ3v) is 5.89. The molecule has 2 saturated heterocycles. The summed E-state index contributed by atoms with van der Waals surface area (Å²) < 4.78 is 7.75. The van der Waals surface area contributed by atoms with Crippen molar-refractivity contribution in [3.8, 4) is 0 Å². The number of nitrogens with one attached hydrogen (secondary N) is 1. The Balaban J connectivity index is 1.72. The average molecular weight is 378 g/mol. The maximum atomic E-state index is 12.9. The monoisotopic (exact) mass is 378 g/mol. The molecule has 2 aliphatic rings. The number of hydrogen-bond acceptors (Lipinski definition) is 5. The van der Waals surface area contributed by atoms with Gasteiger partial charge in [-0.2, -0.15) is 5.10 Å². The highest BCUT2D eigenvalue weighted by Crippen LogP contribution is 2.40. The van der Waals surface area contributed by atoms with Gasteiger partial charge in [-0.15, -0.1) is 0 Å². The molecular formula is C19H30N4O4. The second-order valence-electron chi connectivity index (χ2n) is 7.94. The van der Waals surface area contributed by atoms with Gasteiger partial charge in [0.25, 0.3) is 5.91 Å². The number of carbonyl (C=O) groups excluding carboxylic acids is 2. The van der Waals surface area contributed by atoms with Gasteiger partial charge in [-0.1, -0.05) is 0 Å². The molecule has 1 aromatic heterocycles. The van der Waals surface area contributed by atoms with Crippen LogP contribution in [0.5, 0.6) is 0 Å². The van der Waals surface area contributed by atoms with Crippen LogP contribution in [0.25, 0.3) is 0 Å². The molecule has 2 amide bonds. The first-order valence-corrected chi connectivity index (χ1v) is 9.65. The number of aryl methyl sites for hydroxylation is 2. The van der Waals surface area contributed by atoms with Gasteiger partial charge < -0.3 is 20.1 Å². The molecule has 8 heteroatoms. The maximum absolute atomic E-state index is 12.9. The summed E-state index contributed by atoms with van der Waals surface area (Å²) in [6.07, 6.45) is 0.818. The van der Waals surface area contributed by atoms with E-state index >= 15 is 0 Å². The summed E-state index contributed by atoms with van der Waals surface area (Å²) in [5.41, 5.74) is -0.0219. The van der Waals surface area contributed by atoms with E-state index in [1.54, 1.807) is 9.58 Å². The Bertz CT molecular complexity index is 723. The third-order valence-electron chi connectivity index (χ3n) is 5.89. The number of aromatic nitrogens is 2. The molecule has 2 fully saturated rings. The standard InChI is InChI=1S/C19H30N4O4/c1-5-23-15(12-13(2)21-23)16(25)22-9-6-19(7-10-22)17(26)18(4,8-11-27-19)20-14(3)24/h12,17,26H,5-11H2,1-4H3,(H,20,24)/t17-,18+/m1/s1. The lowest BCUT2D eigenvalue weighted by Crippen LogP contribution is -2.69. The Kier molecular flexibility index (Phi) is 5.31. The third kappa shape index (κ3) is 3.60. The minimum Gasteiger partial charge on any atom is -0.388 e. The number of rotatable bonds is 3. The second-order valence-corrected chi connectivity index (χ2v) is 7.94. The van der Waals surface area contributed by atoms with E-state index in [0.717, 1.165) is 5.69 Å². The Hall–Kier alpha value is -1.93. The summed E-state index contributed by atoms with van der Waals surface area (Å²) in [7, 11) is 0. The smallest absolute Gasteiger partial charge is 0.272 e. The van der Waals surface area contributed by atoms with Gasteiger partial charge in [-0.05, 0) is 46.1 Å². The molecule has 27 heavy (non-hydrogen) atoms. The van der Waals surface area contributed by atoms with Crippen molar-refractivity contribution in [2.75, 3.05) is 19.7 Å². The van der Waals surface area contributed by atoms with Gasteiger partial charge >= 0.3 is 0 Å². The van der Waals surface area contributed by atoms with Gasteiger partial charge in [0, 0.05) is 33.2 Å². The van der Waals surface area contributed by atoms with Crippen LogP contribution in [0.15, 0.2) is 6.07 Å². The van der Waals surface area contributed by atoms with Crippen molar-refractivity contribution in [1.29, 1.82) is 0 Å². The molecule has 2 aliphatic heterocycles. The average Bonchev–Trinajstić information content (AvgIpc) is 3.00. The predicted molar refractivity (Wildman–Crippen MR) is 99.3 cm³/mol. The van der Waals surface area contributed by atoms with Crippen molar-refractivity contribution >= 4 is 11.8 Å².